The number of aryl methyl sites for hydroxylation is 1. The van der Waals surface area contributed by atoms with Crippen molar-refractivity contribution in [3.63, 3.8) is 0 Å². The number of fused-ring (bicyclic) bond motifs is 1. The van der Waals surface area contributed by atoms with Gasteiger partial charge in [-0.2, -0.15) is 18.6 Å². The maximum absolute atomic E-state index is 13.4. The largest absolute Gasteiger partial charge is 1.00 e. The van der Waals surface area contributed by atoms with E-state index in [1.165, 1.54) is 25.3 Å². The molecule has 13 heteroatoms. The minimum atomic E-state index is -4.54. The summed E-state index contributed by atoms with van der Waals surface area (Å²) >= 11 is 12.0. The van der Waals surface area contributed by atoms with Crippen molar-refractivity contribution in [3.05, 3.63) is 81.8 Å². The zero-order chi connectivity index (χ0) is 26.9. The minimum Gasteiger partial charge on any atom is -0.870 e. The van der Waals surface area contributed by atoms with Gasteiger partial charge >= 0.3 is 29.6 Å². The van der Waals surface area contributed by atoms with Crippen LogP contribution in [0.2, 0.25) is 10.0 Å². The van der Waals surface area contributed by atoms with E-state index in [0.29, 0.717) is 32.8 Å². The Morgan fingerprint density at radius 3 is 2.42 bits per heavy atom. The number of ether oxygens (including phenoxy) is 1. The van der Waals surface area contributed by atoms with Crippen LogP contribution in [-0.2, 0) is 10.1 Å². The van der Waals surface area contributed by atoms with Gasteiger partial charge in [0.25, 0.3) is 16.0 Å². The molecule has 0 saturated heterocycles. The summed E-state index contributed by atoms with van der Waals surface area (Å²) in [4.78, 5) is 12.6. The molecule has 9 nitrogen and oxygen atoms in total. The molecule has 0 saturated carbocycles. The number of carbonyl (C=O) groups excluding carboxylic acids is 1. The summed E-state index contributed by atoms with van der Waals surface area (Å²) in [5.74, 6) is -0.989. The zero-order valence-corrected chi connectivity index (χ0v) is 24.6. The topological polar surface area (TPSA) is 140 Å². The van der Waals surface area contributed by atoms with Crippen LogP contribution in [0.15, 0.2) is 75.8 Å². The van der Waals surface area contributed by atoms with Crippen molar-refractivity contribution in [2.24, 2.45) is 10.2 Å². The van der Waals surface area contributed by atoms with E-state index >= 15 is 0 Å². The first-order chi connectivity index (χ1) is 17.5. The van der Waals surface area contributed by atoms with Gasteiger partial charge in [0.1, 0.15) is 10.6 Å². The SMILES string of the molecule is COc1cc(NC(=O)c2cc3ccccc3c(N=Nc3cc(Cl)c(S(=O)(=O)O)cc3C)c2[O-])ccc1Cl.[Na+]. The molecule has 0 spiro atoms. The number of hydrogen-bond donors (Lipinski definition) is 2. The molecule has 0 aromatic heterocycles. The standard InChI is InChI=1S/C25H19Cl2N3O6S.Na/c1-13-9-22(37(33,34)35)19(27)12-20(13)29-30-23-16-6-4-3-5-14(16)10-17(24(23)31)25(32)28-15-7-8-18(26)21(11-15)36-2;/h3-12,31H,1-2H3,(H,28,32)(H,33,34,35);/q;+1/p-1. The van der Waals surface area contributed by atoms with Gasteiger partial charge in [-0.25, -0.2) is 0 Å². The zero-order valence-electron chi connectivity index (χ0n) is 20.3. The van der Waals surface area contributed by atoms with E-state index in [9.17, 15) is 22.9 Å². The van der Waals surface area contributed by atoms with E-state index in [1.807, 2.05) is 0 Å². The van der Waals surface area contributed by atoms with Crippen LogP contribution in [0, 0.1) is 6.92 Å². The predicted octanol–water partition coefficient (Wildman–Crippen LogP) is 3.46. The van der Waals surface area contributed by atoms with Crippen LogP contribution in [0.5, 0.6) is 11.5 Å². The van der Waals surface area contributed by atoms with Crippen molar-refractivity contribution in [3.8, 4) is 11.5 Å². The number of anilines is 1. The number of methoxy groups -OCH3 is 1. The van der Waals surface area contributed by atoms with Crippen LogP contribution < -0.4 is 44.7 Å². The molecule has 0 atom stereocenters. The smallest absolute Gasteiger partial charge is 0.870 e. The van der Waals surface area contributed by atoms with Crippen molar-refractivity contribution < 1.29 is 57.2 Å². The molecule has 0 bridgehead atoms. The summed E-state index contributed by atoms with van der Waals surface area (Å²) < 4.78 is 37.5. The summed E-state index contributed by atoms with van der Waals surface area (Å²) in [6.07, 6.45) is 0. The Hall–Kier alpha value is -2.70. The third-order valence-corrected chi connectivity index (χ3v) is 7.05. The molecular formula is C25H18Cl2N3NaO6S. The summed E-state index contributed by atoms with van der Waals surface area (Å²) in [6.45, 7) is 1.54. The van der Waals surface area contributed by atoms with Crippen molar-refractivity contribution in [1.82, 2.24) is 0 Å². The summed E-state index contributed by atoms with van der Waals surface area (Å²) in [5.41, 5.74) is 0.614. The number of nitrogens with zero attached hydrogens (tertiary/aromatic N) is 2. The van der Waals surface area contributed by atoms with Gasteiger partial charge in [-0.3, -0.25) is 9.35 Å². The van der Waals surface area contributed by atoms with Crippen LogP contribution in [-0.4, -0.2) is 26.0 Å². The Morgan fingerprint density at radius 2 is 1.74 bits per heavy atom. The molecule has 0 radical (unpaired) electrons. The molecule has 0 aliphatic rings. The molecule has 0 aliphatic carbocycles. The minimum absolute atomic E-state index is 0. The second-order valence-corrected chi connectivity index (χ2v) is 10.1. The maximum atomic E-state index is 13.4. The average Bonchev–Trinajstić information content (AvgIpc) is 2.85. The molecule has 0 heterocycles. The van der Waals surface area contributed by atoms with Gasteiger partial charge in [0, 0.05) is 22.7 Å². The quantitative estimate of drug-likeness (QED) is 0.203. The third kappa shape index (κ3) is 6.29. The molecule has 0 aliphatic heterocycles. The van der Waals surface area contributed by atoms with Crippen LogP contribution in [0.1, 0.15) is 15.9 Å². The van der Waals surface area contributed by atoms with Gasteiger partial charge in [-0.15, -0.1) is 0 Å². The van der Waals surface area contributed by atoms with Crippen LogP contribution in [0.25, 0.3) is 10.8 Å². The number of azo groups is 1. The molecule has 0 unspecified atom stereocenters. The van der Waals surface area contributed by atoms with Crippen molar-refractivity contribution >= 4 is 67.1 Å². The summed E-state index contributed by atoms with van der Waals surface area (Å²) in [7, 11) is -3.10. The Labute approximate surface area is 250 Å². The number of carbonyl (C=O) groups is 1. The molecule has 4 rings (SSSR count). The van der Waals surface area contributed by atoms with E-state index in [0.717, 1.165) is 6.07 Å². The van der Waals surface area contributed by atoms with Gasteiger partial charge < -0.3 is 15.2 Å². The fourth-order valence-corrected chi connectivity index (χ4v) is 4.84. The first kappa shape index (κ1) is 29.9. The monoisotopic (exact) mass is 581 g/mol. The first-order valence-corrected chi connectivity index (χ1v) is 12.8. The first-order valence-electron chi connectivity index (χ1n) is 10.6. The Kier molecular flexibility index (Phi) is 9.43. The molecule has 38 heavy (non-hydrogen) atoms. The Balaban J connectivity index is 0.00000400. The number of hydrogen-bond acceptors (Lipinski definition) is 7. The van der Waals surface area contributed by atoms with Gasteiger partial charge in [0.05, 0.1) is 28.5 Å². The van der Waals surface area contributed by atoms with Crippen molar-refractivity contribution in [2.75, 3.05) is 12.4 Å². The van der Waals surface area contributed by atoms with Gasteiger partial charge in [-0.05, 0) is 48.2 Å². The normalized spacial score (nSPS) is 11.4. The molecule has 1 amide bonds. The van der Waals surface area contributed by atoms with E-state index in [1.54, 1.807) is 43.3 Å². The van der Waals surface area contributed by atoms with Crippen molar-refractivity contribution in [2.45, 2.75) is 11.8 Å². The molecule has 4 aromatic rings. The average molecular weight is 582 g/mol. The Morgan fingerprint density at radius 1 is 1.03 bits per heavy atom. The van der Waals surface area contributed by atoms with Crippen LogP contribution in [0.4, 0.5) is 17.1 Å². The molecule has 0 fully saturated rings. The number of nitrogens with one attached hydrogen (secondary N) is 1. The van der Waals surface area contributed by atoms with E-state index in [-0.39, 0.29) is 51.5 Å². The number of amides is 1. The Bertz CT molecular complexity index is 1700. The van der Waals surface area contributed by atoms with E-state index < -0.39 is 26.7 Å². The predicted molar refractivity (Wildman–Crippen MR) is 140 cm³/mol. The van der Waals surface area contributed by atoms with E-state index in [4.69, 9.17) is 27.9 Å². The number of halogens is 2. The molecule has 190 valence electrons. The van der Waals surface area contributed by atoms with E-state index in [2.05, 4.69) is 15.5 Å². The van der Waals surface area contributed by atoms with Crippen LogP contribution in [0.3, 0.4) is 0 Å². The number of rotatable bonds is 6. The summed E-state index contributed by atoms with van der Waals surface area (Å²) in [5, 5.41) is 25.3. The number of benzene rings is 4. The van der Waals surface area contributed by atoms with Gasteiger partial charge in [0.15, 0.2) is 0 Å². The van der Waals surface area contributed by atoms with Crippen molar-refractivity contribution in [1.29, 1.82) is 0 Å². The second kappa shape index (κ2) is 12.0. The fourth-order valence-electron chi connectivity index (χ4n) is 3.57. The van der Waals surface area contributed by atoms with Gasteiger partial charge in [-0.1, -0.05) is 53.2 Å². The maximum Gasteiger partial charge on any atom is 1.00 e. The molecular weight excluding hydrogens is 564 g/mol. The molecule has 4 aromatic carbocycles. The second-order valence-electron chi connectivity index (χ2n) is 7.87. The summed E-state index contributed by atoms with van der Waals surface area (Å²) in [6, 6.07) is 15.3. The van der Waals surface area contributed by atoms with Gasteiger partial charge in [0.2, 0.25) is 0 Å². The van der Waals surface area contributed by atoms with Crippen LogP contribution >= 0.6 is 23.2 Å². The fraction of sp³-hybridized carbons (Fsp3) is 0.0800. The third-order valence-electron chi connectivity index (χ3n) is 5.42. The molecule has 2 N–H and O–H groups in total.